The molecular weight excluding hydrogens is 664 g/mol. The van der Waals surface area contributed by atoms with Gasteiger partial charge in [0, 0.05) is 66.0 Å². The normalized spacial score (nSPS) is 20.4. The number of aromatic nitrogens is 1. The minimum absolute atomic E-state index is 0.0766. The fourth-order valence-corrected chi connectivity index (χ4v) is 5.75. The number of hydrogen-bond acceptors (Lipinski definition) is 11. The number of nitrogens with one attached hydrogen (secondary N) is 2. The molecule has 0 amide bonds. The second kappa shape index (κ2) is 15.7. The van der Waals surface area contributed by atoms with Gasteiger partial charge < -0.3 is 40.5 Å². The van der Waals surface area contributed by atoms with Crippen molar-refractivity contribution in [2.24, 2.45) is 5.73 Å². The molecule has 1 aromatic carbocycles. The van der Waals surface area contributed by atoms with Crippen molar-refractivity contribution in [2.45, 2.75) is 50.2 Å². The van der Waals surface area contributed by atoms with Gasteiger partial charge in [0.25, 0.3) is 0 Å². The van der Waals surface area contributed by atoms with Gasteiger partial charge in [-0.2, -0.15) is 0 Å². The molecule has 3 atom stereocenters. The Labute approximate surface area is 279 Å². The number of methoxy groups -OCH3 is 1. The second-order valence-electron chi connectivity index (χ2n) is 10.8. The predicted octanol–water partition coefficient (Wildman–Crippen LogP) is 2.80. The molecule has 256 valence electrons. The van der Waals surface area contributed by atoms with Crippen LogP contribution in [0.15, 0.2) is 48.6 Å². The van der Waals surface area contributed by atoms with E-state index in [1.165, 1.54) is 12.1 Å². The van der Waals surface area contributed by atoms with Gasteiger partial charge in [-0.3, -0.25) is 25.2 Å². The van der Waals surface area contributed by atoms with Crippen LogP contribution >= 0.6 is 23.2 Å². The number of allylic oxidation sites excluding steroid dienone is 2. The Bertz CT molecular complexity index is 1540. The average Bonchev–Trinajstić information content (AvgIpc) is 3.00. The quantitative estimate of drug-likeness (QED) is 0.168. The summed E-state index contributed by atoms with van der Waals surface area (Å²) in [6.07, 6.45) is 4.08. The summed E-state index contributed by atoms with van der Waals surface area (Å²) in [6, 6.07) is 4.60. The van der Waals surface area contributed by atoms with Crippen LogP contribution < -0.4 is 21.1 Å². The SMILES string of the molecule is COc1ccncc1C1=CNC(N)(N2CCNC[C@@H]2C)C(OC(C)c2c(Cl)ccc(F)c2Cl)=C1.O=C(O)CC(O)(CC(=O)O)C(=O)O. The summed E-state index contributed by atoms with van der Waals surface area (Å²) in [5, 5.41) is 40.8. The summed E-state index contributed by atoms with van der Waals surface area (Å²) >= 11 is 12.6. The standard InChI is InChI=1S/C24H28Cl2FN5O2.C6H8O7/c1-14-11-30-8-9-32(14)24(28)21(34-15(2)22-18(25)4-5-19(27)23(22)26)10-16(12-31-24)17-13-29-7-6-20(17)33-3;7-3(8)1-6(13,5(11)12)2-4(9)10/h4-7,10,12-15,30-31H,8-9,11,28H2,1-3H3;13H,1-2H2,(H,7,8)(H,9,10)(H,11,12)/t14-,15?,24?;/m0./s1. The number of nitrogens with zero attached hydrogens (tertiary/aromatic N) is 2. The lowest BCUT2D eigenvalue weighted by Crippen LogP contribution is -2.71. The van der Waals surface area contributed by atoms with E-state index in [1.54, 1.807) is 32.5 Å². The van der Waals surface area contributed by atoms with E-state index in [0.717, 1.165) is 24.2 Å². The van der Waals surface area contributed by atoms with Crippen molar-refractivity contribution in [3.8, 4) is 5.75 Å². The number of dihydropyridines is 1. The molecule has 14 nitrogen and oxygen atoms in total. The maximum absolute atomic E-state index is 14.2. The van der Waals surface area contributed by atoms with E-state index < -0.39 is 54.1 Å². The third-order valence-electron chi connectivity index (χ3n) is 7.45. The third kappa shape index (κ3) is 8.88. The Morgan fingerprint density at radius 2 is 1.87 bits per heavy atom. The van der Waals surface area contributed by atoms with Crippen LogP contribution in [0.4, 0.5) is 4.39 Å². The van der Waals surface area contributed by atoms with Gasteiger partial charge in [-0.25, -0.2) is 9.18 Å². The monoisotopic (exact) mass is 699 g/mol. The van der Waals surface area contributed by atoms with E-state index >= 15 is 0 Å². The topological polar surface area (TPSA) is 217 Å². The van der Waals surface area contributed by atoms with Crippen LogP contribution in [0.5, 0.6) is 5.75 Å². The lowest BCUT2D eigenvalue weighted by molar-refractivity contribution is -0.170. The highest BCUT2D eigenvalue weighted by Gasteiger charge is 2.44. The molecule has 3 heterocycles. The second-order valence-corrected chi connectivity index (χ2v) is 11.6. The Morgan fingerprint density at radius 3 is 2.45 bits per heavy atom. The molecule has 2 aromatic rings. The molecule has 1 aromatic heterocycles. The van der Waals surface area contributed by atoms with Crippen LogP contribution in [0.25, 0.3) is 5.57 Å². The summed E-state index contributed by atoms with van der Waals surface area (Å²) < 4.78 is 26.1. The highest BCUT2D eigenvalue weighted by Crippen LogP contribution is 2.39. The Balaban J connectivity index is 0.000000392. The molecule has 8 N–H and O–H groups in total. The molecule has 0 radical (unpaired) electrons. The number of carbonyl (C=O) groups is 3. The van der Waals surface area contributed by atoms with Crippen LogP contribution in [0.2, 0.25) is 10.0 Å². The van der Waals surface area contributed by atoms with Crippen molar-refractivity contribution in [1.29, 1.82) is 0 Å². The van der Waals surface area contributed by atoms with E-state index in [2.05, 4.69) is 27.4 Å². The van der Waals surface area contributed by atoms with Crippen molar-refractivity contribution in [2.75, 3.05) is 26.7 Å². The average molecular weight is 701 g/mol. The number of nitrogens with two attached hydrogens (primary N) is 1. The van der Waals surface area contributed by atoms with E-state index in [1.807, 2.05) is 12.3 Å². The first kappa shape index (κ1) is 37.5. The molecule has 0 bridgehead atoms. The maximum atomic E-state index is 14.2. The third-order valence-corrected chi connectivity index (χ3v) is 8.17. The predicted molar refractivity (Wildman–Crippen MR) is 169 cm³/mol. The van der Waals surface area contributed by atoms with Gasteiger partial charge in [0.1, 0.15) is 17.7 Å². The van der Waals surface area contributed by atoms with Crippen LogP contribution in [0, 0.1) is 5.82 Å². The van der Waals surface area contributed by atoms with Gasteiger partial charge in [-0.15, -0.1) is 0 Å². The summed E-state index contributed by atoms with van der Waals surface area (Å²) in [6.45, 7) is 6.10. The van der Waals surface area contributed by atoms with Gasteiger partial charge in [0.05, 0.1) is 25.0 Å². The Morgan fingerprint density at radius 1 is 1.21 bits per heavy atom. The summed E-state index contributed by atoms with van der Waals surface area (Å²) in [4.78, 5) is 36.8. The van der Waals surface area contributed by atoms with E-state index in [0.29, 0.717) is 28.6 Å². The lowest BCUT2D eigenvalue weighted by Gasteiger charge is -2.48. The number of carboxylic acids is 3. The molecule has 1 fully saturated rings. The Kier molecular flexibility index (Phi) is 12.5. The molecular formula is C30H36Cl2FN5O9. The number of carboxylic acid groups (broad SMARTS) is 3. The lowest BCUT2D eigenvalue weighted by atomic mass is 9.96. The molecule has 0 aliphatic carbocycles. The summed E-state index contributed by atoms with van der Waals surface area (Å²) in [5.74, 6) is -5.64. The first-order chi connectivity index (χ1) is 22.0. The zero-order valence-corrected chi connectivity index (χ0v) is 27.2. The fourth-order valence-electron chi connectivity index (χ4n) is 5.08. The number of aliphatic carboxylic acids is 3. The van der Waals surface area contributed by atoms with Crippen LogP contribution in [0.1, 0.15) is 43.9 Å². The number of ether oxygens (including phenoxy) is 2. The number of pyridine rings is 1. The van der Waals surface area contributed by atoms with Crippen molar-refractivity contribution in [3.05, 3.63) is 75.6 Å². The Hall–Kier alpha value is -3.99. The summed E-state index contributed by atoms with van der Waals surface area (Å²) in [7, 11) is 1.60. The number of aliphatic hydroxyl groups is 1. The molecule has 2 unspecified atom stereocenters. The molecule has 2 aliphatic rings. The fraction of sp³-hybridized carbons (Fsp3) is 0.400. The van der Waals surface area contributed by atoms with Crippen molar-refractivity contribution < 1.29 is 48.7 Å². The van der Waals surface area contributed by atoms with Crippen molar-refractivity contribution in [1.82, 2.24) is 20.5 Å². The van der Waals surface area contributed by atoms with Gasteiger partial charge in [-0.1, -0.05) is 23.2 Å². The largest absolute Gasteiger partial charge is 0.496 e. The molecule has 0 spiro atoms. The van der Waals surface area contributed by atoms with Crippen LogP contribution in [0.3, 0.4) is 0 Å². The van der Waals surface area contributed by atoms with Crippen molar-refractivity contribution >= 4 is 46.7 Å². The zero-order chi connectivity index (χ0) is 35.1. The molecule has 0 saturated carbocycles. The number of rotatable bonds is 11. The van der Waals surface area contributed by atoms with Gasteiger partial charge >= 0.3 is 17.9 Å². The first-order valence-electron chi connectivity index (χ1n) is 14.2. The summed E-state index contributed by atoms with van der Waals surface area (Å²) in [5.41, 5.74) is 6.13. The molecule has 2 aliphatic heterocycles. The smallest absolute Gasteiger partial charge is 0.336 e. The van der Waals surface area contributed by atoms with Gasteiger partial charge in [-0.05, 0) is 38.1 Å². The minimum Gasteiger partial charge on any atom is -0.496 e. The molecule has 4 rings (SSSR count). The molecule has 1 saturated heterocycles. The number of hydrogen-bond donors (Lipinski definition) is 7. The number of piperazine rings is 1. The van der Waals surface area contributed by atoms with E-state index in [4.69, 9.17) is 58.8 Å². The van der Waals surface area contributed by atoms with E-state index in [-0.39, 0.29) is 11.1 Å². The van der Waals surface area contributed by atoms with Crippen LogP contribution in [-0.2, 0) is 19.1 Å². The number of benzene rings is 1. The van der Waals surface area contributed by atoms with Crippen molar-refractivity contribution in [3.63, 3.8) is 0 Å². The molecule has 17 heteroatoms. The highest BCUT2D eigenvalue weighted by atomic mass is 35.5. The minimum atomic E-state index is -2.74. The number of halogens is 3. The maximum Gasteiger partial charge on any atom is 0.336 e. The molecule has 47 heavy (non-hydrogen) atoms. The van der Waals surface area contributed by atoms with Gasteiger partial charge in [0.2, 0.25) is 5.79 Å². The van der Waals surface area contributed by atoms with E-state index in [9.17, 15) is 18.8 Å². The zero-order valence-electron chi connectivity index (χ0n) is 25.7. The highest BCUT2D eigenvalue weighted by molar-refractivity contribution is 6.36. The first-order valence-corrected chi connectivity index (χ1v) is 14.9. The van der Waals surface area contributed by atoms with Gasteiger partial charge in [0.15, 0.2) is 11.4 Å². The van der Waals surface area contributed by atoms with Crippen LogP contribution in [-0.4, -0.2) is 92.4 Å².